The molecule has 0 saturated carbocycles. The molecule has 1 aromatic heterocycles. The molecule has 1 atom stereocenters. The summed E-state index contributed by atoms with van der Waals surface area (Å²) in [6.07, 6.45) is 2.08. The molecule has 1 rings (SSSR count). The van der Waals surface area contributed by atoms with Crippen LogP contribution in [-0.4, -0.2) is 43.6 Å². The molecule has 0 fully saturated rings. The lowest BCUT2D eigenvalue weighted by Crippen LogP contribution is -2.12. The van der Waals surface area contributed by atoms with Crippen molar-refractivity contribution >= 4 is 29.5 Å². The number of nitrogens with zero attached hydrogens (tertiary/aromatic N) is 3. The zero-order chi connectivity index (χ0) is 12.8. The minimum atomic E-state index is -0.834. The maximum absolute atomic E-state index is 10.5. The molecular weight excluding hydrogens is 258 g/mol. The molecule has 0 radical (unpaired) electrons. The lowest BCUT2D eigenvalue weighted by atomic mass is 10.2. The van der Waals surface area contributed by atoms with Gasteiger partial charge in [0.15, 0.2) is 5.16 Å². The van der Waals surface area contributed by atoms with Crippen molar-refractivity contribution < 1.29 is 9.90 Å². The molecular formula is C10H17N3O2S2. The van der Waals surface area contributed by atoms with Crippen molar-refractivity contribution in [3.05, 3.63) is 5.82 Å². The Morgan fingerprint density at radius 3 is 2.82 bits per heavy atom. The van der Waals surface area contributed by atoms with Crippen LogP contribution >= 0.6 is 23.5 Å². The molecule has 5 nitrogen and oxygen atoms in total. The highest BCUT2D eigenvalue weighted by Crippen LogP contribution is 2.19. The minimum absolute atomic E-state index is 0.0229. The van der Waals surface area contributed by atoms with E-state index in [-0.39, 0.29) is 5.75 Å². The third kappa shape index (κ3) is 4.59. The van der Waals surface area contributed by atoms with Crippen LogP contribution in [0.15, 0.2) is 5.16 Å². The predicted octanol–water partition coefficient (Wildman–Crippen LogP) is 1.76. The molecule has 1 unspecified atom stereocenters. The zero-order valence-electron chi connectivity index (χ0n) is 10.2. The second-order valence-electron chi connectivity index (χ2n) is 3.88. The predicted molar refractivity (Wildman–Crippen MR) is 70.7 cm³/mol. The second-order valence-corrected chi connectivity index (χ2v) is 5.74. The summed E-state index contributed by atoms with van der Waals surface area (Å²) in [5, 5.41) is 17.4. The number of hydrogen-bond donors (Lipinski definition) is 1. The first-order valence-electron chi connectivity index (χ1n) is 5.28. The van der Waals surface area contributed by atoms with E-state index in [9.17, 15) is 4.79 Å². The Hall–Kier alpha value is -0.690. The van der Waals surface area contributed by atoms with Gasteiger partial charge in [-0.2, -0.15) is 11.8 Å². The van der Waals surface area contributed by atoms with Gasteiger partial charge in [0.1, 0.15) is 5.82 Å². The molecule has 0 bridgehead atoms. The number of carboxylic acids is 1. The van der Waals surface area contributed by atoms with E-state index in [1.54, 1.807) is 11.8 Å². The summed E-state index contributed by atoms with van der Waals surface area (Å²) in [5.74, 6) is 1.62. The Morgan fingerprint density at radius 1 is 1.53 bits per heavy atom. The van der Waals surface area contributed by atoms with Crippen molar-refractivity contribution in [3.8, 4) is 0 Å². The zero-order valence-corrected chi connectivity index (χ0v) is 11.8. The maximum Gasteiger partial charge on any atom is 0.313 e. The molecule has 0 amide bonds. The van der Waals surface area contributed by atoms with Gasteiger partial charge in [-0.25, -0.2) is 0 Å². The molecule has 1 aromatic rings. The van der Waals surface area contributed by atoms with E-state index in [0.717, 1.165) is 18.1 Å². The summed E-state index contributed by atoms with van der Waals surface area (Å²) in [6.45, 7) is 4.90. The Bertz CT molecular complexity index is 382. The monoisotopic (exact) mass is 275 g/mol. The first kappa shape index (κ1) is 14.4. The van der Waals surface area contributed by atoms with Gasteiger partial charge in [0.25, 0.3) is 0 Å². The highest BCUT2D eigenvalue weighted by Gasteiger charge is 2.13. The summed E-state index contributed by atoms with van der Waals surface area (Å²) < 4.78 is 1.99. The van der Waals surface area contributed by atoms with Gasteiger partial charge in [-0.15, -0.1) is 10.2 Å². The van der Waals surface area contributed by atoms with Gasteiger partial charge in [-0.05, 0) is 24.9 Å². The molecule has 0 aliphatic carbocycles. The highest BCUT2D eigenvalue weighted by atomic mass is 32.2. The van der Waals surface area contributed by atoms with Gasteiger partial charge in [-0.1, -0.05) is 18.7 Å². The van der Waals surface area contributed by atoms with Gasteiger partial charge in [0, 0.05) is 6.54 Å². The molecule has 7 heteroatoms. The van der Waals surface area contributed by atoms with E-state index in [0.29, 0.717) is 11.1 Å². The number of aryl methyl sites for hydroxylation is 1. The summed E-state index contributed by atoms with van der Waals surface area (Å²) in [7, 11) is 0. The topological polar surface area (TPSA) is 68.0 Å². The van der Waals surface area contributed by atoms with Gasteiger partial charge in [-0.3, -0.25) is 4.79 Å². The van der Waals surface area contributed by atoms with Gasteiger partial charge < -0.3 is 9.67 Å². The van der Waals surface area contributed by atoms with Crippen molar-refractivity contribution in [2.75, 3.05) is 17.8 Å². The lowest BCUT2D eigenvalue weighted by molar-refractivity contribution is -0.133. The normalized spacial score (nSPS) is 12.6. The van der Waals surface area contributed by atoms with E-state index >= 15 is 0 Å². The maximum atomic E-state index is 10.5. The molecule has 0 saturated heterocycles. The van der Waals surface area contributed by atoms with E-state index in [1.807, 2.05) is 11.5 Å². The number of thioether (sulfide) groups is 2. The molecule has 0 aliphatic rings. The molecule has 1 N–H and O–H groups in total. The SMILES string of the molecule is CSCC(C)Cn1c(C)nnc1SCC(=O)O. The average Bonchev–Trinajstić information content (AvgIpc) is 2.58. The van der Waals surface area contributed by atoms with E-state index in [1.165, 1.54) is 11.8 Å². The smallest absolute Gasteiger partial charge is 0.313 e. The average molecular weight is 275 g/mol. The fourth-order valence-electron chi connectivity index (χ4n) is 1.45. The number of rotatable bonds is 7. The van der Waals surface area contributed by atoms with Gasteiger partial charge in [0.05, 0.1) is 5.75 Å². The van der Waals surface area contributed by atoms with Crippen LogP contribution in [0.4, 0.5) is 0 Å². The third-order valence-electron chi connectivity index (χ3n) is 2.17. The fourth-order valence-corrected chi connectivity index (χ4v) is 2.84. The summed E-state index contributed by atoms with van der Waals surface area (Å²) in [5.41, 5.74) is 0. The number of carboxylic acid groups (broad SMARTS) is 1. The van der Waals surface area contributed by atoms with Crippen LogP contribution in [0.25, 0.3) is 0 Å². The molecule has 0 aromatic carbocycles. The van der Waals surface area contributed by atoms with E-state index in [4.69, 9.17) is 5.11 Å². The molecule has 17 heavy (non-hydrogen) atoms. The quantitative estimate of drug-likeness (QED) is 0.765. The third-order valence-corrected chi connectivity index (χ3v) is 4.03. The van der Waals surface area contributed by atoms with Gasteiger partial charge in [0.2, 0.25) is 0 Å². The lowest BCUT2D eigenvalue weighted by Gasteiger charge is -2.13. The summed E-state index contributed by atoms with van der Waals surface area (Å²) >= 11 is 3.03. The summed E-state index contributed by atoms with van der Waals surface area (Å²) in [4.78, 5) is 10.5. The molecule has 0 aliphatic heterocycles. The van der Waals surface area contributed by atoms with Crippen molar-refractivity contribution in [3.63, 3.8) is 0 Å². The Balaban J connectivity index is 2.68. The van der Waals surface area contributed by atoms with E-state index in [2.05, 4.69) is 23.4 Å². The summed E-state index contributed by atoms with van der Waals surface area (Å²) in [6, 6.07) is 0. The first-order chi connectivity index (χ1) is 8.04. The van der Waals surface area contributed by atoms with Crippen molar-refractivity contribution in [2.45, 2.75) is 25.5 Å². The fraction of sp³-hybridized carbons (Fsp3) is 0.700. The van der Waals surface area contributed by atoms with Crippen molar-refractivity contribution in [2.24, 2.45) is 5.92 Å². The molecule has 0 spiro atoms. The van der Waals surface area contributed by atoms with Gasteiger partial charge >= 0.3 is 5.97 Å². The van der Waals surface area contributed by atoms with Crippen LogP contribution in [0, 0.1) is 12.8 Å². The standard InChI is InChI=1S/C10H17N3O2S2/c1-7(5-16-3)4-13-8(2)11-12-10(13)17-6-9(14)15/h7H,4-6H2,1-3H3,(H,14,15). The number of hydrogen-bond acceptors (Lipinski definition) is 5. The van der Waals surface area contributed by atoms with Crippen LogP contribution in [-0.2, 0) is 11.3 Å². The van der Waals surface area contributed by atoms with Crippen LogP contribution in [0.5, 0.6) is 0 Å². The largest absolute Gasteiger partial charge is 0.481 e. The highest BCUT2D eigenvalue weighted by molar-refractivity contribution is 7.99. The van der Waals surface area contributed by atoms with Crippen molar-refractivity contribution in [1.82, 2.24) is 14.8 Å². The Kier molecular flexibility index (Phi) is 5.84. The Morgan fingerprint density at radius 2 is 2.24 bits per heavy atom. The number of carbonyl (C=O) groups is 1. The number of aromatic nitrogens is 3. The van der Waals surface area contributed by atoms with Crippen LogP contribution < -0.4 is 0 Å². The van der Waals surface area contributed by atoms with Crippen LogP contribution in [0.3, 0.4) is 0 Å². The molecule has 96 valence electrons. The van der Waals surface area contributed by atoms with Crippen molar-refractivity contribution in [1.29, 1.82) is 0 Å². The minimum Gasteiger partial charge on any atom is -0.481 e. The van der Waals surface area contributed by atoms with E-state index < -0.39 is 5.97 Å². The number of aliphatic carboxylic acids is 1. The molecule has 1 heterocycles. The Labute approximate surface area is 109 Å². The first-order valence-corrected chi connectivity index (χ1v) is 7.65. The van der Waals surface area contributed by atoms with Crippen LogP contribution in [0.2, 0.25) is 0 Å². The second kappa shape index (κ2) is 6.90. The van der Waals surface area contributed by atoms with Crippen LogP contribution in [0.1, 0.15) is 12.7 Å².